The highest BCUT2D eigenvalue weighted by Gasteiger charge is 2.34. The maximum absolute atomic E-state index is 13.6. The fourth-order valence-corrected chi connectivity index (χ4v) is 8.07. The fourth-order valence-electron chi connectivity index (χ4n) is 6.66. The number of ether oxygens (including phenoxy) is 1. The fraction of sp³-hybridized carbons (Fsp3) is 0.410. The van der Waals surface area contributed by atoms with Crippen LogP contribution < -0.4 is 21.3 Å². The minimum absolute atomic E-state index is 0.0197. The van der Waals surface area contributed by atoms with E-state index in [4.69, 9.17) is 21.3 Å². The zero-order valence-electron chi connectivity index (χ0n) is 31.4. The van der Waals surface area contributed by atoms with Gasteiger partial charge in [0.2, 0.25) is 11.8 Å². The summed E-state index contributed by atoms with van der Waals surface area (Å²) in [5, 5.41) is 21.3. The second-order valence-electron chi connectivity index (χ2n) is 13.6. The molecule has 4 N–H and O–H groups in total. The molecule has 2 aliphatic rings. The Labute approximate surface area is 333 Å². The normalized spacial score (nSPS) is 16.2. The van der Waals surface area contributed by atoms with Gasteiger partial charge in [0.25, 0.3) is 11.8 Å². The number of carbonyl (C=O) groups is 5. The van der Waals surface area contributed by atoms with Gasteiger partial charge >= 0.3 is 5.97 Å². The van der Waals surface area contributed by atoms with Crippen molar-refractivity contribution in [3.8, 4) is 5.00 Å². The van der Waals surface area contributed by atoms with E-state index in [1.807, 2.05) is 30.5 Å². The van der Waals surface area contributed by atoms with Crippen LogP contribution in [0.1, 0.15) is 112 Å². The molecule has 1 saturated heterocycles. The molecule has 294 valence electrons. The largest absolute Gasteiger partial charge is 0.469 e. The van der Waals surface area contributed by atoms with Gasteiger partial charge < -0.3 is 20.7 Å². The molecule has 15 nitrogen and oxygen atoms in total. The average molecular weight is 802 g/mol. The van der Waals surface area contributed by atoms with Crippen molar-refractivity contribution >= 4 is 64.1 Å². The molecule has 1 unspecified atom stereocenters. The molecule has 4 amide bonds. The second-order valence-corrected chi connectivity index (χ2v) is 15.1. The first-order valence-corrected chi connectivity index (χ1v) is 19.8. The molecule has 0 bridgehead atoms. The second kappa shape index (κ2) is 18.4. The summed E-state index contributed by atoms with van der Waals surface area (Å²) in [6.45, 7) is 4.98. The Bertz CT molecular complexity index is 2150. The topological polar surface area (TPSA) is 199 Å². The molecule has 0 radical (unpaired) electrons. The minimum Gasteiger partial charge on any atom is -0.469 e. The van der Waals surface area contributed by atoms with E-state index in [2.05, 4.69) is 36.4 Å². The first-order valence-electron chi connectivity index (χ1n) is 18.6. The van der Waals surface area contributed by atoms with E-state index in [0.29, 0.717) is 46.2 Å². The Morgan fingerprint density at radius 1 is 0.964 bits per heavy atom. The molecule has 2 aliphatic heterocycles. The lowest BCUT2D eigenvalue weighted by molar-refractivity contribution is -0.141. The number of aryl methyl sites for hydroxylation is 1. The van der Waals surface area contributed by atoms with Crippen LogP contribution in [-0.2, 0) is 19.1 Å². The van der Waals surface area contributed by atoms with Gasteiger partial charge in [-0.15, -0.1) is 21.5 Å². The van der Waals surface area contributed by atoms with Crippen LogP contribution in [0.5, 0.6) is 0 Å². The van der Waals surface area contributed by atoms with Crippen molar-refractivity contribution in [3.63, 3.8) is 0 Å². The van der Waals surface area contributed by atoms with Crippen LogP contribution in [0.15, 0.2) is 47.5 Å². The summed E-state index contributed by atoms with van der Waals surface area (Å²) < 4.78 is 6.86. The van der Waals surface area contributed by atoms with Gasteiger partial charge in [0, 0.05) is 35.7 Å². The third-order valence-corrected chi connectivity index (χ3v) is 11.2. The molecule has 3 aromatic heterocycles. The predicted octanol–water partition coefficient (Wildman–Crippen LogP) is 5.17. The lowest BCUT2D eigenvalue weighted by Gasteiger charge is -2.21. The molecule has 0 aliphatic carbocycles. The summed E-state index contributed by atoms with van der Waals surface area (Å²) in [6.07, 6.45) is 6.23. The van der Waals surface area contributed by atoms with Crippen molar-refractivity contribution in [2.24, 2.45) is 4.99 Å². The van der Waals surface area contributed by atoms with Gasteiger partial charge in [-0.25, -0.2) is 4.98 Å². The number of rotatable bonds is 16. The Morgan fingerprint density at radius 3 is 2.43 bits per heavy atom. The van der Waals surface area contributed by atoms with E-state index in [-0.39, 0.29) is 36.8 Å². The van der Waals surface area contributed by atoms with Gasteiger partial charge in [-0.3, -0.25) is 38.8 Å². The van der Waals surface area contributed by atoms with Gasteiger partial charge in [-0.05, 0) is 62.9 Å². The van der Waals surface area contributed by atoms with E-state index in [1.165, 1.54) is 18.4 Å². The SMILES string of the molecule is COC(=O)C[C@@H]1N=C(c2ccc(Cl)cc2)c2c(sc(C(=O)NCCCCCCCCNc3cccc(C(=O)NC4CCC(=O)NC4=O)n3)c2C)-n2c(C)nnc21. The average Bonchev–Trinajstić information content (AvgIpc) is 3.69. The van der Waals surface area contributed by atoms with Crippen molar-refractivity contribution < 1.29 is 28.7 Å². The van der Waals surface area contributed by atoms with Crippen molar-refractivity contribution in [3.05, 3.63) is 86.4 Å². The molecule has 17 heteroatoms. The molecule has 1 fully saturated rings. The Hall–Kier alpha value is -5.48. The number of anilines is 1. The molecular weight excluding hydrogens is 758 g/mol. The lowest BCUT2D eigenvalue weighted by atomic mass is 9.99. The molecule has 5 heterocycles. The number of nitrogens with zero attached hydrogens (tertiary/aromatic N) is 5. The van der Waals surface area contributed by atoms with Gasteiger partial charge in [-0.1, -0.05) is 55.5 Å². The van der Waals surface area contributed by atoms with E-state index in [9.17, 15) is 24.0 Å². The minimum atomic E-state index is -0.759. The highest BCUT2D eigenvalue weighted by atomic mass is 35.5. The number of carbonyl (C=O) groups excluding carboxylic acids is 5. The number of nitrogens with one attached hydrogen (secondary N) is 4. The van der Waals surface area contributed by atoms with E-state index >= 15 is 0 Å². The number of unbranched alkanes of at least 4 members (excludes halogenated alkanes) is 5. The van der Waals surface area contributed by atoms with E-state index in [1.54, 1.807) is 30.3 Å². The number of benzene rings is 1. The molecule has 6 rings (SSSR count). The number of hydrogen-bond acceptors (Lipinski definition) is 12. The Kier molecular flexibility index (Phi) is 13.2. The maximum Gasteiger partial charge on any atom is 0.308 e. The van der Waals surface area contributed by atoms with E-state index < -0.39 is 29.9 Å². The van der Waals surface area contributed by atoms with Gasteiger partial charge in [-0.2, -0.15) is 0 Å². The first kappa shape index (κ1) is 40.2. The molecular formula is C39H44ClN9O6S. The van der Waals surface area contributed by atoms with Crippen LogP contribution in [0, 0.1) is 13.8 Å². The summed E-state index contributed by atoms with van der Waals surface area (Å²) in [5.41, 5.74) is 3.19. The summed E-state index contributed by atoms with van der Waals surface area (Å²) >= 11 is 7.57. The maximum atomic E-state index is 13.6. The molecule has 56 heavy (non-hydrogen) atoms. The number of esters is 1. The van der Waals surface area contributed by atoms with Crippen molar-refractivity contribution in [2.75, 3.05) is 25.5 Å². The van der Waals surface area contributed by atoms with Crippen LogP contribution in [0.25, 0.3) is 5.00 Å². The van der Waals surface area contributed by atoms with Crippen LogP contribution in [-0.4, -0.2) is 81.3 Å². The standard InChI is InChI=1S/C39H44ClN9O6S/c1-22-32-33(24-13-15-25(40)16-14-24)44-28(21-31(51)55-3)35-48-47-23(2)49(35)39(32)56-34(22)38(54)42-20-9-7-5-4-6-8-19-41-29-12-10-11-26(43-29)36(52)45-27-17-18-30(50)46-37(27)53/h10-16,27-28H,4-9,17-21H2,1-3H3,(H,41,43)(H,42,54)(H,45,52)(H,46,50,53)/t27?,28-/m0/s1. The van der Waals surface area contributed by atoms with Crippen LogP contribution in [0.3, 0.4) is 0 Å². The van der Waals surface area contributed by atoms with Gasteiger partial charge in [0.05, 0.1) is 24.1 Å². The van der Waals surface area contributed by atoms with E-state index in [0.717, 1.165) is 60.2 Å². The molecule has 0 spiro atoms. The van der Waals surface area contributed by atoms with Crippen LogP contribution >= 0.6 is 22.9 Å². The lowest BCUT2D eigenvalue weighted by Crippen LogP contribution is -2.52. The third-order valence-electron chi connectivity index (χ3n) is 9.63. The van der Waals surface area contributed by atoms with Crippen molar-refractivity contribution in [2.45, 2.75) is 83.7 Å². The number of pyridine rings is 1. The molecule has 2 atom stereocenters. The summed E-state index contributed by atoms with van der Waals surface area (Å²) in [6, 6.07) is 11.0. The highest BCUT2D eigenvalue weighted by Crippen LogP contribution is 2.40. The predicted molar refractivity (Wildman–Crippen MR) is 212 cm³/mol. The van der Waals surface area contributed by atoms with Crippen LogP contribution in [0.4, 0.5) is 5.82 Å². The number of aromatic nitrogens is 4. The first-order chi connectivity index (χ1) is 27.0. The number of fused-ring (bicyclic) bond motifs is 3. The molecule has 1 aromatic carbocycles. The number of aliphatic imine (C=N–C) groups is 1. The summed E-state index contributed by atoms with van der Waals surface area (Å²) in [7, 11) is 1.34. The van der Waals surface area contributed by atoms with Gasteiger partial charge in [0.1, 0.15) is 34.4 Å². The monoisotopic (exact) mass is 801 g/mol. The van der Waals surface area contributed by atoms with Gasteiger partial charge in [0.15, 0.2) is 5.82 Å². The zero-order chi connectivity index (χ0) is 39.8. The summed E-state index contributed by atoms with van der Waals surface area (Å²) in [5.74, 6) is -0.205. The summed E-state index contributed by atoms with van der Waals surface area (Å²) in [4.78, 5) is 72.0. The van der Waals surface area contributed by atoms with Crippen molar-refractivity contribution in [1.29, 1.82) is 0 Å². The third kappa shape index (κ3) is 9.48. The molecule has 0 saturated carbocycles. The Morgan fingerprint density at radius 2 is 1.70 bits per heavy atom. The number of hydrogen-bond donors (Lipinski definition) is 4. The number of amides is 4. The number of thiophene rings is 1. The number of halogens is 1. The number of piperidine rings is 1. The highest BCUT2D eigenvalue weighted by molar-refractivity contribution is 7.17. The Balaban J connectivity index is 0.975. The smallest absolute Gasteiger partial charge is 0.308 e. The zero-order valence-corrected chi connectivity index (χ0v) is 33.0. The quantitative estimate of drug-likeness (QED) is 0.0667. The number of imide groups is 1. The number of methoxy groups -OCH3 is 1. The van der Waals surface area contributed by atoms with Crippen molar-refractivity contribution in [1.82, 2.24) is 35.7 Å². The molecule has 4 aromatic rings. The van der Waals surface area contributed by atoms with Crippen LogP contribution in [0.2, 0.25) is 5.02 Å².